The molecule has 1 heterocycles. The van der Waals surface area contributed by atoms with Crippen molar-refractivity contribution >= 4 is 11.6 Å². The molecule has 2 rings (SSSR count). The predicted octanol–water partition coefficient (Wildman–Crippen LogP) is 3.01. The van der Waals surface area contributed by atoms with Gasteiger partial charge in [0.25, 0.3) is 0 Å². The van der Waals surface area contributed by atoms with Gasteiger partial charge in [-0.15, -0.1) is 0 Å². The van der Waals surface area contributed by atoms with Crippen LogP contribution in [0.15, 0.2) is 30.5 Å². The number of benzene rings is 1. The molecule has 1 aromatic carbocycles. The van der Waals surface area contributed by atoms with Gasteiger partial charge >= 0.3 is 0 Å². The molecule has 1 N–H and O–H groups in total. The number of carbonyl (C=O) groups excluding carboxylic acids is 1. The topological polar surface area (TPSA) is 46.9 Å². The average Bonchev–Trinajstić information content (AvgIpc) is 2.80. The van der Waals surface area contributed by atoms with Crippen molar-refractivity contribution in [3.05, 3.63) is 47.3 Å². The van der Waals surface area contributed by atoms with E-state index in [1.54, 1.807) is 4.68 Å². The molecule has 0 aliphatic rings. The van der Waals surface area contributed by atoms with Crippen LogP contribution in [0.25, 0.3) is 0 Å². The van der Waals surface area contributed by atoms with Crippen molar-refractivity contribution in [2.45, 2.75) is 33.7 Å². The van der Waals surface area contributed by atoms with Gasteiger partial charge in [0.05, 0.1) is 5.69 Å². The lowest BCUT2D eigenvalue weighted by atomic mass is 10.1. The fraction of sp³-hybridized carbons (Fsp3) is 0.333. The first-order valence-electron chi connectivity index (χ1n) is 6.38. The maximum atomic E-state index is 12.2. The third-order valence-corrected chi connectivity index (χ3v) is 3.38. The number of hydrogen-bond donors (Lipinski definition) is 1. The zero-order chi connectivity index (χ0) is 14.0. The van der Waals surface area contributed by atoms with Gasteiger partial charge in [-0.3, -0.25) is 9.48 Å². The lowest BCUT2D eigenvalue weighted by Crippen LogP contribution is -2.24. The van der Waals surface area contributed by atoms with Crippen molar-refractivity contribution < 1.29 is 4.79 Å². The van der Waals surface area contributed by atoms with Gasteiger partial charge in [-0.05, 0) is 51.0 Å². The minimum Gasteiger partial charge on any atom is -0.324 e. The third-order valence-electron chi connectivity index (χ3n) is 3.38. The standard InChI is InChI=1S/C15H19N3O/c1-10-6-5-7-14(12(10)3)16-15(19)13(4)18-9-8-11(2)17-18/h5-9,13H,1-4H3,(H,16,19). The largest absolute Gasteiger partial charge is 0.324 e. The average molecular weight is 257 g/mol. The lowest BCUT2D eigenvalue weighted by molar-refractivity contribution is -0.119. The highest BCUT2D eigenvalue weighted by Gasteiger charge is 2.16. The van der Waals surface area contributed by atoms with E-state index in [-0.39, 0.29) is 11.9 Å². The smallest absolute Gasteiger partial charge is 0.248 e. The molecule has 0 bridgehead atoms. The van der Waals surface area contributed by atoms with Gasteiger partial charge in [-0.1, -0.05) is 12.1 Å². The number of anilines is 1. The molecule has 19 heavy (non-hydrogen) atoms. The summed E-state index contributed by atoms with van der Waals surface area (Å²) >= 11 is 0. The predicted molar refractivity (Wildman–Crippen MR) is 76.2 cm³/mol. The van der Waals surface area contributed by atoms with E-state index in [1.807, 2.05) is 58.2 Å². The Morgan fingerprint density at radius 3 is 2.63 bits per heavy atom. The Kier molecular flexibility index (Phi) is 3.69. The van der Waals surface area contributed by atoms with E-state index in [9.17, 15) is 4.79 Å². The molecular formula is C15H19N3O. The Bertz CT molecular complexity index is 601. The molecule has 0 fully saturated rings. The highest BCUT2D eigenvalue weighted by atomic mass is 16.2. The molecule has 0 saturated heterocycles. The molecule has 4 heteroatoms. The van der Waals surface area contributed by atoms with Gasteiger partial charge in [-0.25, -0.2) is 0 Å². The van der Waals surface area contributed by atoms with Gasteiger partial charge in [0, 0.05) is 11.9 Å². The summed E-state index contributed by atoms with van der Waals surface area (Å²) in [4.78, 5) is 12.2. The summed E-state index contributed by atoms with van der Waals surface area (Å²) in [7, 11) is 0. The van der Waals surface area contributed by atoms with E-state index in [2.05, 4.69) is 10.4 Å². The Morgan fingerprint density at radius 1 is 1.26 bits per heavy atom. The van der Waals surface area contributed by atoms with Crippen molar-refractivity contribution in [2.24, 2.45) is 0 Å². The first kappa shape index (κ1) is 13.3. The molecule has 0 spiro atoms. The third kappa shape index (κ3) is 2.84. The number of hydrogen-bond acceptors (Lipinski definition) is 2. The molecule has 0 saturated carbocycles. The number of aromatic nitrogens is 2. The first-order chi connectivity index (χ1) is 8.99. The van der Waals surface area contributed by atoms with Crippen LogP contribution in [0.5, 0.6) is 0 Å². The van der Waals surface area contributed by atoms with Gasteiger partial charge in [0.2, 0.25) is 5.91 Å². The molecule has 1 amide bonds. The molecule has 0 radical (unpaired) electrons. The van der Waals surface area contributed by atoms with Crippen LogP contribution >= 0.6 is 0 Å². The molecule has 1 aromatic heterocycles. The minimum absolute atomic E-state index is 0.0585. The van der Waals surface area contributed by atoms with Crippen LogP contribution in [0.3, 0.4) is 0 Å². The first-order valence-corrected chi connectivity index (χ1v) is 6.38. The maximum absolute atomic E-state index is 12.2. The van der Waals surface area contributed by atoms with Crippen molar-refractivity contribution in [1.82, 2.24) is 9.78 Å². The summed E-state index contributed by atoms with van der Waals surface area (Å²) < 4.78 is 1.68. The number of aryl methyl sites for hydroxylation is 2. The number of carbonyl (C=O) groups is 1. The lowest BCUT2D eigenvalue weighted by Gasteiger charge is -2.15. The zero-order valence-corrected chi connectivity index (χ0v) is 11.8. The number of nitrogens with zero attached hydrogens (tertiary/aromatic N) is 2. The molecule has 100 valence electrons. The Labute approximate surface area is 113 Å². The van der Waals surface area contributed by atoms with E-state index in [4.69, 9.17) is 0 Å². The van der Waals surface area contributed by atoms with E-state index >= 15 is 0 Å². The fourth-order valence-electron chi connectivity index (χ4n) is 1.89. The number of rotatable bonds is 3. The quantitative estimate of drug-likeness (QED) is 0.918. The van der Waals surface area contributed by atoms with Crippen molar-refractivity contribution in [2.75, 3.05) is 5.32 Å². The zero-order valence-electron chi connectivity index (χ0n) is 11.8. The summed E-state index contributed by atoms with van der Waals surface area (Å²) in [6.07, 6.45) is 1.82. The van der Waals surface area contributed by atoms with Gasteiger partial charge < -0.3 is 5.32 Å². The second kappa shape index (κ2) is 5.26. The molecule has 2 aromatic rings. The Hall–Kier alpha value is -2.10. The van der Waals surface area contributed by atoms with Crippen LogP contribution in [0.4, 0.5) is 5.69 Å². The van der Waals surface area contributed by atoms with Gasteiger partial charge in [0.1, 0.15) is 6.04 Å². The molecule has 1 unspecified atom stereocenters. The van der Waals surface area contributed by atoms with Crippen LogP contribution < -0.4 is 5.32 Å². The minimum atomic E-state index is -0.325. The van der Waals surface area contributed by atoms with Crippen LogP contribution in [-0.2, 0) is 4.79 Å². The van der Waals surface area contributed by atoms with E-state index < -0.39 is 0 Å². The molecule has 4 nitrogen and oxygen atoms in total. The number of amides is 1. The second-order valence-electron chi connectivity index (χ2n) is 4.85. The second-order valence-corrected chi connectivity index (χ2v) is 4.85. The summed E-state index contributed by atoms with van der Waals surface area (Å²) in [5.74, 6) is -0.0585. The highest BCUT2D eigenvalue weighted by molar-refractivity contribution is 5.94. The van der Waals surface area contributed by atoms with Crippen molar-refractivity contribution in [3.63, 3.8) is 0 Å². The summed E-state index contributed by atoms with van der Waals surface area (Å²) in [6.45, 7) is 7.79. The van der Waals surface area contributed by atoms with Crippen molar-refractivity contribution in [1.29, 1.82) is 0 Å². The van der Waals surface area contributed by atoms with Gasteiger partial charge in [0.15, 0.2) is 0 Å². The SMILES string of the molecule is Cc1ccn(C(C)C(=O)Nc2cccc(C)c2C)n1. The Morgan fingerprint density at radius 2 is 2.00 bits per heavy atom. The van der Waals surface area contributed by atoms with E-state index in [0.717, 1.165) is 16.9 Å². The van der Waals surface area contributed by atoms with E-state index in [0.29, 0.717) is 0 Å². The molecular weight excluding hydrogens is 238 g/mol. The van der Waals surface area contributed by atoms with Crippen LogP contribution in [0.1, 0.15) is 29.8 Å². The summed E-state index contributed by atoms with van der Waals surface area (Å²) in [5.41, 5.74) is 4.03. The fourth-order valence-corrected chi connectivity index (χ4v) is 1.89. The van der Waals surface area contributed by atoms with Crippen LogP contribution in [0.2, 0.25) is 0 Å². The monoisotopic (exact) mass is 257 g/mol. The van der Waals surface area contributed by atoms with Crippen molar-refractivity contribution in [3.8, 4) is 0 Å². The molecule has 0 aliphatic heterocycles. The van der Waals surface area contributed by atoms with E-state index in [1.165, 1.54) is 5.56 Å². The summed E-state index contributed by atoms with van der Waals surface area (Å²) in [6, 6.07) is 7.46. The number of nitrogens with one attached hydrogen (secondary N) is 1. The van der Waals surface area contributed by atoms with Gasteiger partial charge in [-0.2, -0.15) is 5.10 Å². The Balaban J connectivity index is 2.15. The summed E-state index contributed by atoms with van der Waals surface area (Å²) in [5, 5.41) is 7.23. The normalized spacial score (nSPS) is 12.2. The highest BCUT2D eigenvalue weighted by Crippen LogP contribution is 2.19. The maximum Gasteiger partial charge on any atom is 0.248 e. The molecule has 1 atom stereocenters. The van der Waals surface area contributed by atoms with Crippen LogP contribution in [0, 0.1) is 20.8 Å². The van der Waals surface area contributed by atoms with Crippen LogP contribution in [-0.4, -0.2) is 15.7 Å². The molecule has 0 aliphatic carbocycles.